The van der Waals surface area contributed by atoms with Gasteiger partial charge >= 0.3 is 0 Å². The van der Waals surface area contributed by atoms with Crippen molar-refractivity contribution >= 4 is 60.4 Å². The van der Waals surface area contributed by atoms with Crippen LogP contribution in [-0.4, -0.2) is 4.57 Å². The third-order valence-corrected chi connectivity index (χ3v) is 9.13. The molecular formula is C44H30N2. The second-order valence-corrected chi connectivity index (χ2v) is 11.8. The van der Waals surface area contributed by atoms with E-state index >= 15 is 0 Å². The first-order valence-electron chi connectivity index (χ1n) is 15.8. The van der Waals surface area contributed by atoms with Crippen molar-refractivity contribution in [1.82, 2.24) is 4.57 Å². The predicted molar refractivity (Wildman–Crippen MR) is 196 cm³/mol. The highest BCUT2D eigenvalue weighted by atomic mass is 15.1. The molecule has 0 unspecified atom stereocenters. The topological polar surface area (TPSA) is 8.17 Å². The van der Waals surface area contributed by atoms with Gasteiger partial charge in [-0.15, -0.1) is 0 Å². The summed E-state index contributed by atoms with van der Waals surface area (Å²) in [6.07, 6.45) is 0. The maximum atomic E-state index is 2.46. The monoisotopic (exact) mass is 586 g/mol. The zero-order valence-electron chi connectivity index (χ0n) is 25.2. The predicted octanol–water partition coefficient (Wildman–Crippen LogP) is 12.2. The Kier molecular flexibility index (Phi) is 6.17. The van der Waals surface area contributed by atoms with Gasteiger partial charge in [0.05, 0.1) is 11.0 Å². The normalized spacial score (nSPS) is 11.5. The minimum atomic E-state index is 1.10. The fourth-order valence-electron chi connectivity index (χ4n) is 7.04. The van der Waals surface area contributed by atoms with Crippen molar-refractivity contribution < 1.29 is 0 Å². The third kappa shape index (κ3) is 4.27. The standard InChI is InChI=1S/C44H30N2/c1-3-12-31(13-4-1)32-22-26-36(27-23-32)45(35-16-5-2-6-17-35)37-18-11-19-38(30-37)46-42-29-25-33-14-7-9-20-39(33)43(42)41-28-24-34-15-8-10-21-40(34)44(41)46/h1-30H. The Bertz CT molecular complexity index is 2510. The summed E-state index contributed by atoms with van der Waals surface area (Å²) in [7, 11) is 0. The first-order chi connectivity index (χ1) is 22.8. The molecule has 0 aliphatic heterocycles. The van der Waals surface area contributed by atoms with E-state index in [1.165, 1.54) is 54.5 Å². The number of nitrogens with zero attached hydrogens (tertiary/aromatic N) is 2. The Balaban J connectivity index is 1.28. The van der Waals surface area contributed by atoms with Crippen molar-refractivity contribution in [3.05, 3.63) is 182 Å². The van der Waals surface area contributed by atoms with E-state index in [-0.39, 0.29) is 0 Å². The number of anilines is 3. The summed E-state index contributed by atoms with van der Waals surface area (Å²) in [6.45, 7) is 0. The fraction of sp³-hybridized carbons (Fsp3) is 0. The smallest absolute Gasteiger partial charge is 0.0619 e. The third-order valence-electron chi connectivity index (χ3n) is 9.13. The van der Waals surface area contributed by atoms with E-state index in [1.54, 1.807) is 0 Å². The molecule has 9 rings (SSSR count). The van der Waals surface area contributed by atoms with E-state index < -0.39 is 0 Å². The van der Waals surface area contributed by atoms with Gasteiger partial charge in [-0.3, -0.25) is 0 Å². The molecule has 0 aliphatic carbocycles. The molecule has 0 spiro atoms. The molecule has 1 aromatic heterocycles. The lowest BCUT2D eigenvalue weighted by atomic mass is 10.0. The molecule has 0 N–H and O–H groups in total. The number of benzene rings is 8. The zero-order chi connectivity index (χ0) is 30.5. The van der Waals surface area contributed by atoms with Gasteiger partial charge in [-0.25, -0.2) is 0 Å². The summed E-state index contributed by atoms with van der Waals surface area (Å²) in [5.74, 6) is 0. The van der Waals surface area contributed by atoms with Crippen molar-refractivity contribution in [2.45, 2.75) is 0 Å². The highest BCUT2D eigenvalue weighted by Crippen LogP contribution is 2.42. The molecule has 216 valence electrons. The van der Waals surface area contributed by atoms with Crippen LogP contribution in [-0.2, 0) is 0 Å². The van der Waals surface area contributed by atoms with Crippen LogP contribution >= 0.6 is 0 Å². The Hall–Kier alpha value is -6.12. The molecule has 0 aliphatic rings. The van der Waals surface area contributed by atoms with Crippen molar-refractivity contribution in [2.24, 2.45) is 0 Å². The molecular weight excluding hydrogens is 556 g/mol. The molecule has 2 nitrogen and oxygen atoms in total. The average molecular weight is 587 g/mol. The number of aromatic nitrogens is 1. The molecule has 0 saturated heterocycles. The Morgan fingerprint density at radius 1 is 0.370 bits per heavy atom. The number of rotatable bonds is 5. The largest absolute Gasteiger partial charge is 0.310 e. The van der Waals surface area contributed by atoms with Gasteiger partial charge in [0.25, 0.3) is 0 Å². The molecule has 46 heavy (non-hydrogen) atoms. The van der Waals surface area contributed by atoms with Gasteiger partial charge in [0, 0.05) is 38.9 Å². The molecule has 0 bridgehead atoms. The van der Waals surface area contributed by atoms with Gasteiger partial charge in [-0.2, -0.15) is 0 Å². The van der Waals surface area contributed by atoms with Gasteiger partial charge in [0.2, 0.25) is 0 Å². The lowest BCUT2D eigenvalue weighted by Crippen LogP contribution is -2.10. The SMILES string of the molecule is c1ccc(-c2ccc(N(c3ccccc3)c3cccc(-n4c5ccc6ccccc6c5c5ccc6ccccc6c54)c3)cc2)cc1. The van der Waals surface area contributed by atoms with Crippen LogP contribution in [0, 0.1) is 0 Å². The van der Waals surface area contributed by atoms with Crippen LogP contribution in [0.1, 0.15) is 0 Å². The van der Waals surface area contributed by atoms with Gasteiger partial charge in [-0.05, 0) is 75.8 Å². The highest BCUT2D eigenvalue weighted by Gasteiger charge is 2.19. The minimum absolute atomic E-state index is 1.10. The Morgan fingerprint density at radius 2 is 0.957 bits per heavy atom. The van der Waals surface area contributed by atoms with Crippen molar-refractivity contribution in [3.8, 4) is 16.8 Å². The molecule has 0 fully saturated rings. The Morgan fingerprint density at radius 3 is 1.74 bits per heavy atom. The molecule has 2 heteroatoms. The summed E-state index contributed by atoms with van der Waals surface area (Å²) >= 11 is 0. The van der Waals surface area contributed by atoms with E-state index in [2.05, 4.69) is 191 Å². The lowest BCUT2D eigenvalue weighted by molar-refractivity contribution is 1.17. The van der Waals surface area contributed by atoms with E-state index in [4.69, 9.17) is 0 Å². The number of hydrogen-bond donors (Lipinski definition) is 0. The second kappa shape index (κ2) is 10.8. The maximum absolute atomic E-state index is 2.46. The van der Waals surface area contributed by atoms with E-state index in [9.17, 15) is 0 Å². The summed E-state index contributed by atoms with van der Waals surface area (Å²) in [5.41, 5.74) is 9.33. The van der Waals surface area contributed by atoms with Crippen LogP contribution < -0.4 is 4.90 Å². The number of hydrogen-bond acceptors (Lipinski definition) is 1. The molecule has 8 aromatic carbocycles. The number of fused-ring (bicyclic) bond motifs is 7. The van der Waals surface area contributed by atoms with Crippen LogP contribution in [0.2, 0.25) is 0 Å². The molecule has 0 amide bonds. The van der Waals surface area contributed by atoms with Crippen LogP contribution in [0.4, 0.5) is 17.1 Å². The average Bonchev–Trinajstić information content (AvgIpc) is 3.49. The lowest BCUT2D eigenvalue weighted by Gasteiger charge is -2.26. The van der Waals surface area contributed by atoms with E-state index in [0.717, 1.165) is 22.7 Å². The van der Waals surface area contributed by atoms with Crippen LogP contribution in [0.15, 0.2) is 182 Å². The molecule has 0 radical (unpaired) electrons. The summed E-state index contributed by atoms with van der Waals surface area (Å²) in [4.78, 5) is 2.35. The Labute approximate surface area is 268 Å². The van der Waals surface area contributed by atoms with Crippen molar-refractivity contribution in [3.63, 3.8) is 0 Å². The van der Waals surface area contributed by atoms with Crippen LogP contribution in [0.5, 0.6) is 0 Å². The minimum Gasteiger partial charge on any atom is -0.310 e. The van der Waals surface area contributed by atoms with Crippen molar-refractivity contribution in [2.75, 3.05) is 4.90 Å². The zero-order valence-corrected chi connectivity index (χ0v) is 25.2. The van der Waals surface area contributed by atoms with Crippen LogP contribution in [0.25, 0.3) is 60.2 Å². The van der Waals surface area contributed by atoms with Gasteiger partial charge in [0.15, 0.2) is 0 Å². The maximum Gasteiger partial charge on any atom is 0.0619 e. The second-order valence-electron chi connectivity index (χ2n) is 11.8. The molecule has 9 aromatic rings. The van der Waals surface area contributed by atoms with Gasteiger partial charge in [-0.1, -0.05) is 133 Å². The van der Waals surface area contributed by atoms with Crippen molar-refractivity contribution in [1.29, 1.82) is 0 Å². The summed E-state index contributed by atoms with van der Waals surface area (Å²) in [5, 5.41) is 7.59. The quantitative estimate of drug-likeness (QED) is 0.195. The van der Waals surface area contributed by atoms with Gasteiger partial charge < -0.3 is 9.47 Å². The highest BCUT2D eigenvalue weighted by molar-refractivity contribution is 6.26. The summed E-state index contributed by atoms with van der Waals surface area (Å²) in [6, 6.07) is 65.6. The first-order valence-corrected chi connectivity index (χ1v) is 15.8. The first kappa shape index (κ1) is 26.3. The fourth-order valence-corrected chi connectivity index (χ4v) is 7.04. The van der Waals surface area contributed by atoms with E-state index in [1.807, 2.05) is 0 Å². The van der Waals surface area contributed by atoms with E-state index in [0.29, 0.717) is 0 Å². The molecule has 0 saturated carbocycles. The summed E-state index contributed by atoms with van der Waals surface area (Å²) < 4.78 is 2.46. The molecule has 0 atom stereocenters. The van der Waals surface area contributed by atoms with Gasteiger partial charge in [0.1, 0.15) is 0 Å². The molecule has 1 heterocycles. The van der Waals surface area contributed by atoms with Crippen LogP contribution in [0.3, 0.4) is 0 Å². The number of para-hydroxylation sites is 1.